The van der Waals surface area contributed by atoms with Crippen LogP contribution in [0.2, 0.25) is 0 Å². The summed E-state index contributed by atoms with van der Waals surface area (Å²) in [4.78, 5) is 27.3. The first kappa shape index (κ1) is 26.1. The molecule has 8 nitrogen and oxygen atoms in total. The Kier molecular flexibility index (Phi) is 9.22. The van der Waals surface area contributed by atoms with Crippen molar-refractivity contribution in [1.29, 1.82) is 0 Å². The van der Waals surface area contributed by atoms with E-state index in [1.807, 2.05) is 6.92 Å². The molecule has 2 aromatic rings. The number of hydrogen-bond acceptors (Lipinski definition) is 5. The van der Waals surface area contributed by atoms with Gasteiger partial charge >= 0.3 is 0 Å². The number of nitrogens with zero attached hydrogens (tertiary/aromatic N) is 2. The van der Waals surface area contributed by atoms with Crippen molar-refractivity contribution < 1.29 is 27.1 Å². The summed E-state index contributed by atoms with van der Waals surface area (Å²) in [5.74, 6) is -0.795. The number of nitrogens with one attached hydrogen (secondary N) is 1. The number of ether oxygens (including phenoxy) is 1. The smallest absolute Gasteiger partial charge is 0.244 e. The molecule has 0 aromatic heterocycles. The van der Waals surface area contributed by atoms with Crippen molar-refractivity contribution >= 4 is 27.5 Å². The fraction of sp³-hybridized carbons (Fsp3) is 0.391. The highest BCUT2D eigenvalue weighted by molar-refractivity contribution is 7.92. The third-order valence-electron chi connectivity index (χ3n) is 5.02. The highest BCUT2D eigenvalue weighted by Crippen LogP contribution is 2.20. The first-order chi connectivity index (χ1) is 15.6. The van der Waals surface area contributed by atoms with Gasteiger partial charge in [-0.05, 0) is 55.3 Å². The molecule has 0 saturated carbocycles. The van der Waals surface area contributed by atoms with E-state index in [2.05, 4.69) is 5.32 Å². The molecular formula is C23H30FN3O5S. The molecule has 1 atom stereocenters. The summed E-state index contributed by atoms with van der Waals surface area (Å²) in [7, 11) is -2.31. The van der Waals surface area contributed by atoms with Crippen LogP contribution in [0, 0.1) is 5.82 Å². The zero-order valence-corrected chi connectivity index (χ0v) is 20.1. The van der Waals surface area contributed by atoms with Crippen LogP contribution in [0.4, 0.5) is 10.1 Å². The van der Waals surface area contributed by atoms with Crippen molar-refractivity contribution in [3.63, 3.8) is 0 Å². The molecule has 2 amide bonds. The van der Waals surface area contributed by atoms with E-state index in [9.17, 15) is 22.4 Å². The van der Waals surface area contributed by atoms with Crippen LogP contribution < -0.4 is 14.4 Å². The average molecular weight is 480 g/mol. The van der Waals surface area contributed by atoms with Crippen molar-refractivity contribution in [3.8, 4) is 5.75 Å². The van der Waals surface area contributed by atoms with Crippen molar-refractivity contribution in [2.24, 2.45) is 0 Å². The lowest BCUT2D eigenvalue weighted by atomic mass is 10.1. The van der Waals surface area contributed by atoms with Gasteiger partial charge in [-0.2, -0.15) is 0 Å². The molecule has 1 N–H and O–H groups in total. The number of carbonyl (C=O) groups excluding carboxylic acids is 2. The van der Waals surface area contributed by atoms with Crippen molar-refractivity contribution in [2.45, 2.75) is 32.9 Å². The molecule has 0 fully saturated rings. The summed E-state index contributed by atoms with van der Waals surface area (Å²) in [5.41, 5.74) is 0.895. The molecule has 0 unspecified atom stereocenters. The summed E-state index contributed by atoms with van der Waals surface area (Å²) in [6.07, 6.45) is 1.70. The SMILES string of the molecule is CCCNC(=O)[C@H](C)N(Cc1ccc(OC)cc1)C(=O)CN(c1ccc(F)cc1)S(C)(=O)=O. The number of benzene rings is 2. The van der Waals surface area contributed by atoms with Crippen LogP contribution in [0.1, 0.15) is 25.8 Å². The summed E-state index contributed by atoms with van der Waals surface area (Å²) >= 11 is 0. The van der Waals surface area contributed by atoms with E-state index in [4.69, 9.17) is 4.74 Å². The minimum absolute atomic E-state index is 0.0879. The fourth-order valence-electron chi connectivity index (χ4n) is 3.13. The first-order valence-electron chi connectivity index (χ1n) is 10.5. The summed E-state index contributed by atoms with van der Waals surface area (Å²) in [5, 5.41) is 2.77. The predicted octanol–water partition coefficient (Wildman–Crippen LogP) is 2.54. The molecule has 33 heavy (non-hydrogen) atoms. The highest BCUT2D eigenvalue weighted by atomic mass is 32.2. The van der Waals surface area contributed by atoms with Crippen LogP contribution in [0.15, 0.2) is 48.5 Å². The number of rotatable bonds is 11. The number of sulfonamides is 1. The molecular weight excluding hydrogens is 449 g/mol. The van der Waals surface area contributed by atoms with Gasteiger partial charge in [0, 0.05) is 13.1 Å². The van der Waals surface area contributed by atoms with Crippen LogP contribution in [0.5, 0.6) is 5.75 Å². The zero-order chi connectivity index (χ0) is 24.6. The van der Waals surface area contributed by atoms with E-state index >= 15 is 0 Å². The molecule has 0 spiro atoms. The van der Waals surface area contributed by atoms with E-state index < -0.39 is 34.3 Å². The molecule has 10 heteroatoms. The van der Waals surface area contributed by atoms with Gasteiger partial charge in [0.25, 0.3) is 0 Å². The van der Waals surface area contributed by atoms with Crippen LogP contribution in [-0.4, -0.2) is 57.6 Å². The predicted molar refractivity (Wildman–Crippen MR) is 125 cm³/mol. The molecule has 2 aromatic carbocycles. The van der Waals surface area contributed by atoms with Gasteiger partial charge in [-0.3, -0.25) is 13.9 Å². The van der Waals surface area contributed by atoms with Gasteiger partial charge in [0.05, 0.1) is 19.1 Å². The quantitative estimate of drug-likeness (QED) is 0.534. The third kappa shape index (κ3) is 7.45. The average Bonchev–Trinajstić information content (AvgIpc) is 2.79. The summed E-state index contributed by atoms with van der Waals surface area (Å²) in [6, 6.07) is 11.0. The van der Waals surface area contributed by atoms with Crippen LogP contribution in [-0.2, 0) is 26.2 Å². The standard InChI is InChI=1S/C23H30FN3O5S/c1-5-14-25-23(29)17(2)26(15-18-6-12-21(32-3)13-7-18)22(28)16-27(33(4,30)31)20-10-8-19(24)9-11-20/h6-13,17H,5,14-16H2,1-4H3,(H,25,29)/t17-/m0/s1. The second-order valence-electron chi connectivity index (χ2n) is 7.58. The Labute approximate surface area is 194 Å². The maximum atomic E-state index is 13.3. The van der Waals surface area contributed by atoms with Gasteiger partial charge in [0.15, 0.2) is 0 Å². The zero-order valence-electron chi connectivity index (χ0n) is 19.2. The Morgan fingerprint density at radius 3 is 2.21 bits per heavy atom. The Morgan fingerprint density at radius 1 is 1.09 bits per heavy atom. The monoisotopic (exact) mass is 479 g/mol. The second kappa shape index (κ2) is 11.6. The minimum atomic E-state index is -3.86. The fourth-order valence-corrected chi connectivity index (χ4v) is 3.98. The molecule has 0 aliphatic heterocycles. The van der Waals surface area contributed by atoms with E-state index in [1.54, 1.807) is 38.3 Å². The largest absolute Gasteiger partial charge is 0.497 e. The Morgan fingerprint density at radius 2 is 1.70 bits per heavy atom. The molecule has 0 aliphatic carbocycles. The number of hydrogen-bond donors (Lipinski definition) is 1. The molecule has 0 aliphatic rings. The maximum absolute atomic E-state index is 13.3. The summed E-state index contributed by atoms with van der Waals surface area (Å²) < 4.78 is 44.2. The minimum Gasteiger partial charge on any atom is -0.497 e. The summed E-state index contributed by atoms with van der Waals surface area (Å²) in [6.45, 7) is 3.52. The van der Waals surface area contributed by atoms with E-state index in [1.165, 1.54) is 17.0 Å². The Bertz CT molecular complexity index is 1040. The maximum Gasteiger partial charge on any atom is 0.244 e. The topological polar surface area (TPSA) is 96.0 Å². The molecule has 0 saturated heterocycles. The third-order valence-corrected chi connectivity index (χ3v) is 6.16. The van der Waals surface area contributed by atoms with Crippen LogP contribution in [0.25, 0.3) is 0 Å². The van der Waals surface area contributed by atoms with E-state index in [0.29, 0.717) is 12.3 Å². The highest BCUT2D eigenvalue weighted by Gasteiger charge is 2.30. The normalized spacial score (nSPS) is 12.0. The number of anilines is 1. The number of amides is 2. The lowest BCUT2D eigenvalue weighted by Gasteiger charge is -2.31. The molecule has 180 valence electrons. The van der Waals surface area contributed by atoms with Gasteiger partial charge in [-0.1, -0.05) is 19.1 Å². The van der Waals surface area contributed by atoms with E-state index in [0.717, 1.165) is 34.7 Å². The lowest BCUT2D eigenvalue weighted by Crippen LogP contribution is -2.51. The van der Waals surface area contributed by atoms with Gasteiger partial charge in [0.2, 0.25) is 21.8 Å². The van der Waals surface area contributed by atoms with Gasteiger partial charge in [-0.25, -0.2) is 12.8 Å². The molecule has 0 bridgehead atoms. The number of methoxy groups -OCH3 is 1. The molecule has 2 rings (SSSR count). The van der Waals surface area contributed by atoms with Crippen LogP contribution >= 0.6 is 0 Å². The van der Waals surface area contributed by atoms with Gasteiger partial charge in [-0.15, -0.1) is 0 Å². The first-order valence-corrected chi connectivity index (χ1v) is 12.3. The van der Waals surface area contributed by atoms with Gasteiger partial charge < -0.3 is 15.0 Å². The Balaban J connectivity index is 2.34. The second-order valence-corrected chi connectivity index (χ2v) is 9.49. The number of halogens is 1. The Hall–Kier alpha value is -3.14. The van der Waals surface area contributed by atoms with Crippen LogP contribution in [0.3, 0.4) is 0 Å². The van der Waals surface area contributed by atoms with Crippen molar-refractivity contribution in [2.75, 3.05) is 30.8 Å². The number of carbonyl (C=O) groups is 2. The lowest BCUT2D eigenvalue weighted by molar-refractivity contribution is -0.139. The van der Waals surface area contributed by atoms with Crippen molar-refractivity contribution in [3.05, 3.63) is 59.9 Å². The molecule has 0 radical (unpaired) electrons. The van der Waals surface area contributed by atoms with E-state index in [-0.39, 0.29) is 18.1 Å². The van der Waals surface area contributed by atoms with Crippen molar-refractivity contribution in [1.82, 2.24) is 10.2 Å². The van der Waals surface area contributed by atoms with Gasteiger partial charge in [0.1, 0.15) is 24.2 Å². The molecule has 0 heterocycles.